The number of carbonyl (C=O) groups is 2. The minimum Gasteiger partial charge on any atom is -0.489 e. The molecule has 0 radical (unpaired) electrons. The molecule has 0 bridgehead atoms. The number of ether oxygens (including phenoxy) is 2. The molecule has 7 nitrogen and oxygen atoms in total. The Bertz CT molecular complexity index is 1010. The summed E-state index contributed by atoms with van der Waals surface area (Å²) in [6, 6.07) is 11.3. The van der Waals surface area contributed by atoms with Gasteiger partial charge in [-0.15, -0.1) is 5.10 Å². The summed E-state index contributed by atoms with van der Waals surface area (Å²) in [6.07, 6.45) is 0. The van der Waals surface area contributed by atoms with Crippen molar-refractivity contribution in [3.8, 4) is 11.5 Å². The number of nitrogens with one attached hydrogen (secondary N) is 1. The maximum absolute atomic E-state index is 12.0. The Kier molecular flexibility index (Phi) is 7.46. The van der Waals surface area contributed by atoms with E-state index >= 15 is 0 Å². The number of nitrogens with zero attached hydrogens (tertiary/aromatic N) is 2. The average molecular weight is 462 g/mol. The molecule has 1 unspecified atom stereocenters. The highest BCUT2D eigenvalue weighted by Gasteiger charge is 2.32. The second kappa shape index (κ2) is 10.1. The Morgan fingerprint density at radius 2 is 1.81 bits per heavy atom. The zero-order valence-electron chi connectivity index (χ0n) is 17.8. The number of carbonyl (C=O) groups excluding carboxylic acids is 2. The zero-order valence-corrected chi connectivity index (χ0v) is 19.3. The first-order valence-corrected chi connectivity index (χ1v) is 11.0. The maximum Gasteiger partial charge on any atom is 0.241 e. The molecule has 1 heterocycles. The van der Waals surface area contributed by atoms with E-state index in [1.807, 2.05) is 38.1 Å². The third kappa shape index (κ3) is 5.71. The van der Waals surface area contributed by atoms with E-state index in [4.69, 9.17) is 21.1 Å². The van der Waals surface area contributed by atoms with Gasteiger partial charge < -0.3 is 14.8 Å². The molecule has 1 N–H and O–H groups in total. The molecule has 9 heteroatoms. The third-order valence-corrected chi connectivity index (χ3v) is 5.88. The van der Waals surface area contributed by atoms with Gasteiger partial charge in [-0.05, 0) is 42.7 Å². The normalized spacial score (nSPS) is 15.5. The topological polar surface area (TPSA) is 80.2 Å². The first-order chi connectivity index (χ1) is 14.8. The Labute approximate surface area is 190 Å². The van der Waals surface area contributed by atoms with Crippen molar-refractivity contribution in [3.63, 3.8) is 0 Å². The van der Waals surface area contributed by atoms with E-state index in [2.05, 4.69) is 10.4 Å². The van der Waals surface area contributed by atoms with Crippen molar-refractivity contribution in [3.05, 3.63) is 58.1 Å². The Balaban J connectivity index is 1.62. The first-order valence-electron chi connectivity index (χ1n) is 9.70. The van der Waals surface area contributed by atoms with Gasteiger partial charge in [0.1, 0.15) is 30.1 Å². The Morgan fingerprint density at radius 3 is 2.42 bits per heavy atom. The van der Waals surface area contributed by atoms with E-state index in [0.717, 1.165) is 22.4 Å². The summed E-state index contributed by atoms with van der Waals surface area (Å²) in [5.41, 5.74) is 2.92. The van der Waals surface area contributed by atoms with E-state index in [9.17, 15) is 9.59 Å². The van der Waals surface area contributed by atoms with Crippen molar-refractivity contribution >= 4 is 40.3 Å². The van der Waals surface area contributed by atoms with Crippen LogP contribution in [0.1, 0.15) is 35.9 Å². The lowest BCUT2D eigenvalue weighted by molar-refractivity contribution is -0.129. The van der Waals surface area contributed by atoms with Crippen molar-refractivity contribution in [2.24, 2.45) is 5.10 Å². The number of hydrogen-bond donors (Lipinski definition) is 1. The molecule has 0 aliphatic carbocycles. The summed E-state index contributed by atoms with van der Waals surface area (Å²) in [4.78, 5) is 23.3. The molecule has 0 spiro atoms. The minimum absolute atomic E-state index is 0.238. The van der Waals surface area contributed by atoms with Gasteiger partial charge >= 0.3 is 0 Å². The molecular weight excluding hydrogens is 438 g/mol. The predicted molar refractivity (Wildman–Crippen MR) is 122 cm³/mol. The second-order valence-electron chi connectivity index (χ2n) is 7.03. The molecule has 2 amide bonds. The van der Waals surface area contributed by atoms with Crippen molar-refractivity contribution in [2.75, 3.05) is 13.2 Å². The lowest BCUT2D eigenvalue weighted by atomic mass is 10.1. The largest absolute Gasteiger partial charge is 0.489 e. The fraction of sp³-hybridized carbons (Fsp3) is 0.318. The van der Waals surface area contributed by atoms with Crippen LogP contribution in [0, 0.1) is 13.8 Å². The van der Waals surface area contributed by atoms with Crippen LogP contribution < -0.4 is 14.8 Å². The summed E-state index contributed by atoms with van der Waals surface area (Å²) in [7, 11) is 0. The van der Waals surface area contributed by atoms with Gasteiger partial charge in [0.2, 0.25) is 11.8 Å². The number of amidine groups is 1. The smallest absolute Gasteiger partial charge is 0.241 e. The summed E-state index contributed by atoms with van der Waals surface area (Å²) >= 11 is 7.69. The summed E-state index contributed by atoms with van der Waals surface area (Å²) in [5, 5.41) is 8.49. The van der Waals surface area contributed by atoms with Crippen LogP contribution in [0.3, 0.4) is 0 Å². The number of hydrazone groups is 1. The lowest BCUT2D eigenvalue weighted by Gasteiger charge is -2.20. The van der Waals surface area contributed by atoms with Crippen molar-refractivity contribution in [2.45, 2.75) is 33.1 Å². The van der Waals surface area contributed by atoms with Gasteiger partial charge in [-0.2, -0.15) is 0 Å². The Morgan fingerprint density at radius 1 is 1.13 bits per heavy atom. The summed E-state index contributed by atoms with van der Waals surface area (Å²) in [6.45, 7) is 7.54. The number of para-hydroxylation sites is 1. The fourth-order valence-corrected chi connectivity index (χ4v) is 4.46. The third-order valence-electron chi connectivity index (χ3n) is 4.49. The van der Waals surface area contributed by atoms with Crippen molar-refractivity contribution < 1.29 is 19.1 Å². The quantitative estimate of drug-likeness (QED) is 0.644. The fourth-order valence-electron chi connectivity index (χ4n) is 3.09. The standard InChI is InChI=1S/C22H24ClN3O4S/c1-13-6-5-7-14(2)20(13)30-11-10-29-19-9-8-17(12-18(19)23)21-26(16(4)28)25-22(31-21)24-15(3)27/h5-9,12,21H,10-11H2,1-4H3,(H,24,25,27). The molecule has 2 aromatic carbocycles. The van der Waals surface area contributed by atoms with Gasteiger partial charge in [0.15, 0.2) is 5.17 Å². The lowest BCUT2D eigenvalue weighted by Crippen LogP contribution is -2.25. The van der Waals surface area contributed by atoms with Crippen molar-refractivity contribution in [1.82, 2.24) is 10.3 Å². The molecule has 1 aliphatic rings. The SMILES string of the molecule is CC(=O)NC1=NN(C(C)=O)C(c2ccc(OCCOc3c(C)cccc3C)c(Cl)c2)S1. The van der Waals surface area contributed by atoms with Gasteiger partial charge in [0, 0.05) is 13.8 Å². The molecular formula is C22H24ClN3O4S. The zero-order chi connectivity index (χ0) is 22.5. The van der Waals surface area contributed by atoms with Crippen LogP contribution in [0.4, 0.5) is 0 Å². The molecule has 2 aromatic rings. The monoisotopic (exact) mass is 461 g/mol. The molecule has 1 aliphatic heterocycles. The summed E-state index contributed by atoms with van der Waals surface area (Å²) < 4.78 is 11.6. The van der Waals surface area contributed by atoms with Gasteiger partial charge in [-0.1, -0.05) is 47.6 Å². The van der Waals surface area contributed by atoms with Gasteiger partial charge in [-0.3, -0.25) is 9.59 Å². The second-order valence-corrected chi connectivity index (χ2v) is 8.50. The van der Waals surface area contributed by atoms with E-state index < -0.39 is 5.37 Å². The number of rotatable bonds is 6. The molecule has 164 valence electrons. The summed E-state index contributed by atoms with van der Waals surface area (Å²) in [5.74, 6) is 0.902. The van der Waals surface area contributed by atoms with E-state index in [1.54, 1.807) is 12.1 Å². The van der Waals surface area contributed by atoms with Crippen LogP contribution in [-0.2, 0) is 9.59 Å². The van der Waals surface area contributed by atoms with E-state index in [0.29, 0.717) is 29.2 Å². The van der Waals surface area contributed by atoms with Crippen molar-refractivity contribution in [1.29, 1.82) is 0 Å². The van der Waals surface area contributed by atoms with Crippen LogP contribution in [0.15, 0.2) is 41.5 Å². The molecule has 3 rings (SSSR count). The number of halogens is 1. The predicted octanol–water partition coefficient (Wildman–Crippen LogP) is 4.42. The van der Waals surface area contributed by atoms with Gasteiger partial charge in [0.25, 0.3) is 0 Å². The molecule has 0 aromatic heterocycles. The average Bonchev–Trinajstić information content (AvgIpc) is 3.11. The van der Waals surface area contributed by atoms with Crippen LogP contribution in [0.2, 0.25) is 5.02 Å². The number of aryl methyl sites for hydroxylation is 2. The first kappa shape index (κ1) is 23.0. The molecule has 31 heavy (non-hydrogen) atoms. The molecule has 0 fully saturated rings. The van der Waals surface area contributed by atoms with Gasteiger partial charge in [0.05, 0.1) is 5.02 Å². The van der Waals surface area contributed by atoms with Gasteiger partial charge in [-0.25, -0.2) is 5.01 Å². The highest BCUT2D eigenvalue weighted by Crippen LogP contribution is 2.40. The van der Waals surface area contributed by atoms with Crippen LogP contribution in [0.5, 0.6) is 11.5 Å². The molecule has 0 saturated heterocycles. The molecule has 1 atom stereocenters. The van der Waals surface area contributed by atoms with E-state index in [-0.39, 0.29) is 11.8 Å². The van der Waals surface area contributed by atoms with Crippen LogP contribution in [0.25, 0.3) is 0 Å². The maximum atomic E-state index is 12.0. The minimum atomic E-state index is -0.418. The Hall–Kier alpha value is -2.71. The number of thioether (sulfide) groups is 1. The number of amides is 2. The number of benzene rings is 2. The van der Waals surface area contributed by atoms with E-state index in [1.165, 1.54) is 30.6 Å². The van der Waals surface area contributed by atoms with Crippen LogP contribution >= 0.6 is 23.4 Å². The highest BCUT2D eigenvalue weighted by molar-refractivity contribution is 8.14. The van der Waals surface area contributed by atoms with Crippen LogP contribution in [-0.4, -0.2) is 35.2 Å². The number of hydrogen-bond acceptors (Lipinski definition) is 6. The molecule has 0 saturated carbocycles. The highest BCUT2D eigenvalue weighted by atomic mass is 35.5.